The van der Waals surface area contributed by atoms with Gasteiger partial charge in [0.2, 0.25) is 0 Å². The van der Waals surface area contributed by atoms with Crippen molar-refractivity contribution in [2.75, 3.05) is 0 Å². The average Bonchev–Trinajstić information content (AvgIpc) is 2.31. The maximum absolute atomic E-state index is 10.0. The van der Waals surface area contributed by atoms with E-state index in [9.17, 15) is 5.11 Å². The molecule has 2 heteroatoms. The second kappa shape index (κ2) is 6.02. The maximum Gasteiger partial charge on any atom is 0.105 e. The topological polar surface area (TPSA) is 23.5 Å². The lowest BCUT2D eigenvalue weighted by Gasteiger charge is -2.43. The lowest BCUT2D eigenvalue weighted by atomic mass is 9.88. The van der Waals surface area contributed by atoms with E-state index in [-0.39, 0.29) is 6.23 Å². The van der Waals surface area contributed by atoms with Crippen LogP contribution in [0.3, 0.4) is 0 Å². The molecule has 2 aliphatic rings. The molecule has 0 spiro atoms. The second-order valence-corrected chi connectivity index (χ2v) is 5.66. The molecule has 0 amide bonds. The fraction of sp³-hybridized carbons (Fsp3) is 1.00. The molecule has 2 saturated carbocycles. The molecule has 0 heterocycles. The Morgan fingerprint density at radius 1 is 0.812 bits per heavy atom. The Morgan fingerprint density at radius 3 is 1.50 bits per heavy atom. The second-order valence-electron chi connectivity index (χ2n) is 5.66. The average molecular weight is 225 g/mol. The van der Waals surface area contributed by atoms with E-state index in [2.05, 4.69) is 4.90 Å². The van der Waals surface area contributed by atoms with E-state index in [1.54, 1.807) is 0 Å². The first-order chi connectivity index (χ1) is 7.79. The van der Waals surface area contributed by atoms with Crippen LogP contribution in [0.15, 0.2) is 0 Å². The molecule has 0 aromatic rings. The third-order valence-corrected chi connectivity index (χ3v) is 4.42. The molecular weight excluding hydrogens is 198 g/mol. The summed E-state index contributed by atoms with van der Waals surface area (Å²) >= 11 is 0. The number of hydrogen-bond acceptors (Lipinski definition) is 2. The van der Waals surface area contributed by atoms with Gasteiger partial charge in [-0.25, -0.2) is 0 Å². The Kier molecular flexibility index (Phi) is 4.66. The summed E-state index contributed by atoms with van der Waals surface area (Å²) in [4.78, 5) is 2.44. The van der Waals surface area contributed by atoms with E-state index in [0.29, 0.717) is 12.1 Å². The minimum atomic E-state index is -0.244. The van der Waals surface area contributed by atoms with E-state index in [1.165, 1.54) is 64.2 Å². The van der Waals surface area contributed by atoms with E-state index in [0.717, 1.165) is 0 Å². The molecular formula is C14H27NO. The number of nitrogens with zero attached hydrogens (tertiary/aromatic N) is 1. The van der Waals surface area contributed by atoms with Gasteiger partial charge >= 0.3 is 0 Å². The minimum absolute atomic E-state index is 0.244. The van der Waals surface area contributed by atoms with Crippen molar-refractivity contribution >= 4 is 0 Å². The fourth-order valence-corrected chi connectivity index (χ4v) is 3.67. The molecule has 1 unspecified atom stereocenters. The molecule has 16 heavy (non-hydrogen) atoms. The molecule has 1 N–H and O–H groups in total. The Bertz CT molecular complexity index is 175. The van der Waals surface area contributed by atoms with Gasteiger partial charge in [0, 0.05) is 12.1 Å². The van der Waals surface area contributed by atoms with Crippen molar-refractivity contribution in [3.05, 3.63) is 0 Å². The minimum Gasteiger partial charge on any atom is -0.379 e. The van der Waals surface area contributed by atoms with E-state index < -0.39 is 0 Å². The van der Waals surface area contributed by atoms with Gasteiger partial charge in [-0.3, -0.25) is 4.90 Å². The van der Waals surface area contributed by atoms with Gasteiger partial charge in [-0.2, -0.15) is 0 Å². The largest absolute Gasteiger partial charge is 0.379 e. The van der Waals surface area contributed by atoms with Gasteiger partial charge in [-0.15, -0.1) is 0 Å². The van der Waals surface area contributed by atoms with E-state index >= 15 is 0 Å². The van der Waals surface area contributed by atoms with Gasteiger partial charge < -0.3 is 5.11 Å². The Balaban J connectivity index is 1.96. The Morgan fingerprint density at radius 2 is 1.19 bits per heavy atom. The summed E-state index contributed by atoms with van der Waals surface area (Å²) in [7, 11) is 0. The molecule has 94 valence electrons. The summed E-state index contributed by atoms with van der Waals surface area (Å²) in [5, 5.41) is 10.0. The lowest BCUT2D eigenvalue weighted by molar-refractivity contribution is -0.0600. The van der Waals surface area contributed by atoms with Crippen LogP contribution in [-0.2, 0) is 0 Å². The van der Waals surface area contributed by atoms with Gasteiger partial charge in [-0.05, 0) is 32.6 Å². The van der Waals surface area contributed by atoms with Crippen molar-refractivity contribution in [3.8, 4) is 0 Å². The Hall–Kier alpha value is -0.0800. The standard InChI is InChI=1S/C14H27NO/c1-12(16)15(13-8-4-2-5-9-13)14-10-6-3-7-11-14/h12-14,16H,2-11H2,1H3. The molecule has 0 aromatic heterocycles. The normalized spacial score (nSPS) is 27.2. The summed E-state index contributed by atoms with van der Waals surface area (Å²) in [5.41, 5.74) is 0. The fourth-order valence-electron chi connectivity index (χ4n) is 3.67. The van der Waals surface area contributed by atoms with Crippen LogP contribution in [0.5, 0.6) is 0 Å². The van der Waals surface area contributed by atoms with Gasteiger partial charge in [0.05, 0.1) is 0 Å². The number of aliphatic hydroxyl groups excluding tert-OH is 1. The predicted octanol–water partition coefficient (Wildman–Crippen LogP) is 3.29. The highest BCUT2D eigenvalue weighted by Crippen LogP contribution is 2.31. The maximum atomic E-state index is 10.0. The van der Waals surface area contributed by atoms with E-state index in [4.69, 9.17) is 0 Å². The van der Waals surface area contributed by atoms with Gasteiger partial charge in [-0.1, -0.05) is 38.5 Å². The summed E-state index contributed by atoms with van der Waals surface area (Å²) in [6.07, 6.45) is 13.2. The van der Waals surface area contributed by atoms with Crippen molar-refractivity contribution in [3.63, 3.8) is 0 Å². The third-order valence-electron chi connectivity index (χ3n) is 4.42. The van der Waals surface area contributed by atoms with Crippen molar-refractivity contribution in [1.29, 1.82) is 0 Å². The van der Waals surface area contributed by atoms with E-state index in [1.807, 2.05) is 6.92 Å². The zero-order valence-electron chi connectivity index (χ0n) is 10.7. The molecule has 2 fully saturated rings. The van der Waals surface area contributed by atoms with Crippen molar-refractivity contribution in [2.45, 2.75) is 89.4 Å². The Labute approximate surface area is 100 Å². The van der Waals surface area contributed by atoms with Crippen LogP contribution in [0.2, 0.25) is 0 Å². The first-order valence-corrected chi connectivity index (χ1v) is 7.24. The summed E-state index contributed by atoms with van der Waals surface area (Å²) in [6.45, 7) is 1.96. The SMILES string of the molecule is CC(O)N(C1CCCCC1)C1CCCCC1. The van der Waals surface area contributed by atoms with Crippen LogP contribution in [0.4, 0.5) is 0 Å². The molecule has 0 radical (unpaired) electrons. The molecule has 0 saturated heterocycles. The van der Waals surface area contributed by atoms with Crippen LogP contribution in [-0.4, -0.2) is 28.3 Å². The lowest BCUT2D eigenvalue weighted by Crippen LogP contribution is -2.49. The van der Waals surface area contributed by atoms with Crippen LogP contribution < -0.4 is 0 Å². The number of hydrogen-bond donors (Lipinski definition) is 1. The molecule has 0 aliphatic heterocycles. The van der Waals surface area contributed by atoms with Crippen LogP contribution in [0.25, 0.3) is 0 Å². The smallest absolute Gasteiger partial charge is 0.105 e. The van der Waals surface area contributed by atoms with Gasteiger partial charge in [0.1, 0.15) is 6.23 Å². The van der Waals surface area contributed by atoms with Gasteiger partial charge in [0.25, 0.3) is 0 Å². The predicted molar refractivity (Wildman–Crippen MR) is 67.3 cm³/mol. The zero-order valence-corrected chi connectivity index (χ0v) is 10.7. The molecule has 2 aliphatic carbocycles. The highest BCUT2D eigenvalue weighted by Gasteiger charge is 2.31. The third kappa shape index (κ3) is 2.98. The van der Waals surface area contributed by atoms with Gasteiger partial charge in [0.15, 0.2) is 0 Å². The van der Waals surface area contributed by atoms with Crippen LogP contribution in [0, 0.1) is 0 Å². The molecule has 0 bridgehead atoms. The summed E-state index contributed by atoms with van der Waals surface area (Å²) < 4.78 is 0. The molecule has 1 atom stereocenters. The summed E-state index contributed by atoms with van der Waals surface area (Å²) in [5.74, 6) is 0. The van der Waals surface area contributed by atoms with Crippen molar-refractivity contribution < 1.29 is 5.11 Å². The highest BCUT2D eigenvalue weighted by atomic mass is 16.3. The monoisotopic (exact) mass is 225 g/mol. The van der Waals surface area contributed by atoms with Crippen LogP contribution >= 0.6 is 0 Å². The first kappa shape index (κ1) is 12.4. The quantitative estimate of drug-likeness (QED) is 0.745. The highest BCUT2D eigenvalue weighted by molar-refractivity contribution is 4.84. The number of rotatable bonds is 3. The summed E-state index contributed by atoms with van der Waals surface area (Å²) in [6, 6.07) is 1.33. The molecule has 0 aromatic carbocycles. The number of aliphatic hydroxyl groups is 1. The van der Waals surface area contributed by atoms with Crippen molar-refractivity contribution in [2.24, 2.45) is 0 Å². The first-order valence-electron chi connectivity index (χ1n) is 7.24. The van der Waals surface area contributed by atoms with Crippen molar-refractivity contribution in [1.82, 2.24) is 4.90 Å². The molecule has 2 rings (SSSR count). The molecule has 2 nitrogen and oxygen atoms in total. The van der Waals surface area contributed by atoms with Crippen LogP contribution in [0.1, 0.15) is 71.1 Å². The zero-order chi connectivity index (χ0) is 11.4.